The predicted molar refractivity (Wildman–Crippen MR) is 68.5 cm³/mol. The summed E-state index contributed by atoms with van der Waals surface area (Å²) in [5.41, 5.74) is 2.34. The molecule has 2 aliphatic heterocycles. The van der Waals surface area contributed by atoms with Crippen LogP contribution in [-0.2, 0) is 0 Å². The monoisotopic (exact) mass is 246 g/mol. The maximum atomic E-state index is 11.4. The first-order chi connectivity index (χ1) is 8.68. The molecule has 4 nitrogen and oxygen atoms in total. The molecule has 3 unspecified atom stereocenters. The first-order valence-electron chi connectivity index (χ1n) is 6.44. The van der Waals surface area contributed by atoms with Crippen LogP contribution in [0.3, 0.4) is 0 Å². The van der Waals surface area contributed by atoms with Crippen LogP contribution < -0.4 is 5.32 Å². The molecule has 3 atom stereocenters. The standard InChI is InChI=1S/C14H18N2O2/c1-9-4-2-3-5-11(9)13-12-7-15-6-10(12)8-16(13)14(17)18/h2-5,10,12-13,15H,6-8H2,1H3,(H,17,18). The van der Waals surface area contributed by atoms with Gasteiger partial charge in [0, 0.05) is 25.6 Å². The van der Waals surface area contributed by atoms with Gasteiger partial charge in [0.15, 0.2) is 0 Å². The molecule has 2 aliphatic rings. The third-order valence-corrected chi connectivity index (χ3v) is 4.32. The van der Waals surface area contributed by atoms with E-state index in [9.17, 15) is 9.90 Å². The number of fused-ring (bicyclic) bond motifs is 1. The molecule has 2 heterocycles. The summed E-state index contributed by atoms with van der Waals surface area (Å²) in [4.78, 5) is 13.1. The van der Waals surface area contributed by atoms with Crippen molar-refractivity contribution in [2.24, 2.45) is 11.8 Å². The zero-order valence-corrected chi connectivity index (χ0v) is 10.5. The molecule has 0 bridgehead atoms. The number of benzene rings is 1. The maximum absolute atomic E-state index is 11.4. The van der Waals surface area contributed by atoms with Crippen LogP contribution in [0.4, 0.5) is 4.79 Å². The predicted octanol–water partition coefficient (Wildman–Crippen LogP) is 1.87. The van der Waals surface area contributed by atoms with E-state index in [2.05, 4.69) is 24.4 Å². The molecule has 0 radical (unpaired) electrons. The lowest BCUT2D eigenvalue weighted by atomic mass is 9.88. The minimum absolute atomic E-state index is 0.0173. The highest BCUT2D eigenvalue weighted by Gasteiger charge is 2.47. The highest BCUT2D eigenvalue weighted by atomic mass is 16.4. The number of amides is 1. The molecule has 0 spiro atoms. The van der Waals surface area contributed by atoms with Gasteiger partial charge in [-0.25, -0.2) is 4.79 Å². The van der Waals surface area contributed by atoms with E-state index in [4.69, 9.17) is 0 Å². The van der Waals surface area contributed by atoms with Crippen molar-refractivity contribution >= 4 is 6.09 Å². The highest BCUT2D eigenvalue weighted by Crippen LogP contribution is 2.43. The van der Waals surface area contributed by atoms with Crippen LogP contribution in [-0.4, -0.2) is 35.7 Å². The molecule has 2 saturated heterocycles. The fourth-order valence-corrected chi connectivity index (χ4v) is 3.43. The molecule has 96 valence electrons. The lowest BCUT2D eigenvalue weighted by Gasteiger charge is -2.27. The van der Waals surface area contributed by atoms with Crippen molar-refractivity contribution < 1.29 is 9.90 Å². The second-order valence-corrected chi connectivity index (χ2v) is 5.32. The zero-order valence-electron chi connectivity index (χ0n) is 10.5. The molecule has 0 aromatic heterocycles. The summed E-state index contributed by atoms with van der Waals surface area (Å²) >= 11 is 0. The van der Waals surface area contributed by atoms with E-state index in [1.54, 1.807) is 4.90 Å². The maximum Gasteiger partial charge on any atom is 0.407 e. The number of hydrogen-bond donors (Lipinski definition) is 2. The Morgan fingerprint density at radius 1 is 1.39 bits per heavy atom. The van der Waals surface area contributed by atoms with Gasteiger partial charge in [-0.05, 0) is 24.0 Å². The van der Waals surface area contributed by atoms with Crippen LogP contribution in [0.5, 0.6) is 0 Å². The molecular weight excluding hydrogens is 228 g/mol. The number of hydrogen-bond acceptors (Lipinski definition) is 2. The number of nitrogens with one attached hydrogen (secondary N) is 1. The van der Waals surface area contributed by atoms with Gasteiger partial charge in [0.25, 0.3) is 0 Å². The van der Waals surface area contributed by atoms with Gasteiger partial charge in [-0.2, -0.15) is 0 Å². The van der Waals surface area contributed by atoms with Gasteiger partial charge in [-0.15, -0.1) is 0 Å². The molecule has 3 rings (SSSR count). The minimum atomic E-state index is -0.794. The van der Waals surface area contributed by atoms with Crippen LogP contribution in [0.2, 0.25) is 0 Å². The van der Waals surface area contributed by atoms with Crippen molar-refractivity contribution in [1.82, 2.24) is 10.2 Å². The number of aryl methyl sites for hydroxylation is 1. The Morgan fingerprint density at radius 2 is 2.17 bits per heavy atom. The number of carbonyl (C=O) groups is 1. The Morgan fingerprint density at radius 3 is 2.89 bits per heavy atom. The Balaban J connectivity index is 2.01. The second-order valence-electron chi connectivity index (χ2n) is 5.32. The topological polar surface area (TPSA) is 52.6 Å². The Labute approximate surface area is 107 Å². The van der Waals surface area contributed by atoms with Gasteiger partial charge in [0.05, 0.1) is 6.04 Å². The Hall–Kier alpha value is -1.55. The molecular formula is C14H18N2O2. The summed E-state index contributed by atoms with van der Waals surface area (Å²) in [5.74, 6) is 0.882. The van der Waals surface area contributed by atoms with Crippen LogP contribution >= 0.6 is 0 Å². The summed E-state index contributed by atoms with van der Waals surface area (Å²) in [6.07, 6.45) is -0.794. The van der Waals surface area contributed by atoms with Gasteiger partial charge < -0.3 is 15.3 Å². The third-order valence-electron chi connectivity index (χ3n) is 4.32. The summed E-state index contributed by atoms with van der Waals surface area (Å²) in [6.45, 7) is 4.58. The van der Waals surface area contributed by atoms with Crippen LogP contribution in [0, 0.1) is 18.8 Å². The van der Waals surface area contributed by atoms with Crippen molar-refractivity contribution in [2.75, 3.05) is 19.6 Å². The lowest BCUT2D eigenvalue weighted by molar-refractivity contribution is 0.134. The number of likely N-dealkylation sites (tertiary alicyclic amines) is 1. The second kappa shape index (κ2) is 4.28. The lowest BCUT2D eigenvalue weighted by Crippen LogP contribution is -2.33. The summed E-state index contributed by atoms with van der Waals surface area (Å²) in [6, 6.07) is 8.15. The van der Waals surface area contributed by atoms with Gasteiger partial charge in [-0.1, -0.05) is 24.3 Å². The molecule has 2 fully saturated rings. The van der Waals surface area contributed by atoms with E-state index in [0.29, 0.717) is 18.4 Å². The quantitative estimate of drug-likeness (QED) is 0.795. The first kappa shape index (κ1) is 11.5. The number of rotatable bonds is 1. The van der Waals surface area contributed by atoms with Crippen LogP contribution in [0.15, 0.2) is 24.3 Å². The summed E-state index contributed by atoms with van der Waals surface area (Å²) in [5, 5.41) is 12.8. The fourth-order valence-electron chi connectivity index (χ4n) is 3.43. The molecule has 1 aromatic carbocycles. The molecule has 4 heteroatoms. The zero-order chi connectivity index (χ0) is 12.7. The number of nitrogens with zero attached hydrogens (tertiary/aromatic N) is 1. The smallest absolute Gasteiger partial charge is 0.407 e. The Bertz CT molecular complexity index is 475. The van der Waals surface area contributed by atoms with Gasteiger partial charge >= 0.3 is 6.09 Å². The minimum Gasteiger partial charge on any atom is -0.465 e. The van der Waals surface area contributed by atoms with E-state index < -0.39 is 6.09 Å². The summed E-state index contributed by atoms with van der Waals surface area (Å²) < 4.78 is 0. The summed E-state index contributed by atoms with van der Waals surface area (Å²) in [7, 11) is 0. The largest absolute Gasteiger partial charge is 0.465 e. The average molecular weight is 246 g/mol. The van der Waals surface area contributed by atoms with E-state index in [1.165, 1.54) is 5.56 Å². The highest BCUT2D eigenvalue weighted by molar-refractivity contribution is 5.66. The molecule has 1 amide bonds. The van der Waals surface area contributed by atoms with Crippen molar-refractivity contribution in [3.63, 3.8) is 0 Å². The van der Waals surface area contributed by atoms with E-state index in [0.717, 1.165) is 18.7 Å². The molecule has 1 aromatic rings. The van der Waals surface area contributed by atoms with Gasteiger partial charge in [-0.3, -0.25) is 0 Å². The molecule has 2 N–H and O–H groups in total. The molecule has 18 heavy (non-hydrogen) atoms. The van der Waals surface area contributed by atoms with Crippen molar-refractivity contribution in [3.05, 3.63) is 35.4 Å². The third kappa shape index (κ3) is 1.68. The van der Waals surface area contributed by atoms with Gasteiger partial charge in [0.2, 0.25) is 0 Å². The van der Waals surface area contributed by atoms with Crippen molar-refractivity contribution in [2.45, 2.75) is 13.0 Å². The van der Waals surface area contributed by atoms with E-state index in [-0.39, 0.29) is 6.04 Å². The first-order valence-corrected chi connectivity index (χ1v) is 6.44. The molecule has 0 saturated carbocycles. The Kier molecular flexibility index (Phi) is 2.74. The van der Waals surface area contributed by atoms with Gasteiger partial charge in [0.1, 0.15) is 0 Å². The number of carboxylic acid groups (broad SMARTS) is 1. The van der Waals surface area contributed by atoms with E-state index >= 15 is 0 Å². The van der Waals surface area contributed by atoms with Crippen LogP contribution in [0.1, 0.15) is 17.2 Å². The van der Waals surface area contributed by atoms with Crippen LogP contribution in [0.25, 0.3) is 0 Å². The van der Waals surface area contributed by atoms with E-state index in [1.807, 2.05) is 12.1 Å². The SMILES string of the molecule is Cc1ccccc1C1C2CNCC2CN1C(=O)O. The average Bonchev–Trinajstić information content (AvgIpc) is 2.89. The van der Waals surface area contributed by atoms with Crippen molar-refractivity contribution in [1.29, 1.82) is 0 Å². The normalized spacial score (nSPS) is 30.5. The van der Waals surface area contributed by atoms with Crippen molar-refractivity contribution in [3.8, 4) is 0 Å². The fraction of sp³-hybridized carbons (Fsp3) is 0.500. The molecule has 0 aliphatic carbocycles.